The molecule has 13 aromatic carbocycles. The fourth-order valence-corrected chi connectivity index (χ4v) is 21.9. The minimum atomic E-state index is -1.70. The maximum Gasteiger partial charge on any atom is 0.112 e. The minimum Gasteiger partial charge on any atom is -0.305 e. The predicted molar refractivity (Wildman–Crippen MR) is 560 cm³/mol. The fourth-order valence-electron chi connectivity index (χ4n) is 15.9. The molecule has 12 heteroatoms. The maximum absolute atomic E-state index is 4.82. The zero-order valence-corrected chi connectivity index (χ0v) is 88.1. The monoisotopic (exact) mass is 2320 g/mol. The normalized spacial score (nSPS) is 10.8. The number of hydrogen-bond donors (Lipinski definition) is 0. The van der Waals surface area contributed by atoms with E-state index in [1.807, 2.05) is 188 Å². The van der Waals surface area contributed by atoms with Crippen LogP contribution in [-0.2, 0) is 66.7 Å². The van der Waals surface area contributed by atoms with Crippen LogP contribution >= 0.6 is 0 Å². The molecule has 0 N–H and O–H groups in total. The average molecular weight is 2320 g/mol. The molecule has 0 unspecified atom stereocenters. The van der Waals surface area contributed by atoms with Gasteiger partial charge >= 0.3 is 0 Å². The number of nitrogens with zero attached hydrogens (tertiary/aromatic N) is 6. The number of hydrogen-bond acceptors (Lipinski definition) is 6. The van der Waals surface area contributed by atoms with Gasteiger partial charge < -0.3 is 29.9 Å². The first-order chi connectivity index (χ1) is 63.7. The summed E-state index contributed by atoms with van der Waals surface area (Å²) in [5.74, 6) is 0.581. The molecule has 0 saturated heterocycles. The van der Waals surface area contributed by atoms with Gasteiger partial charge in [-0.05, 0) is 141 Å². The van der Waals surface area contributed by atoms with Gasteiger partial charge in [-0.25, -0.2) is 0 Å². The third kappa shape index (κ3) is 27.8. The SMILES string of the molecule is CC(C)Cc1cc(-c2[c-]cccc2)ncc1-c1ccc([Si](C)(C)c2ccccc2)cc1.Cc1cc(-c2[c-]ccc(-c3ccccc3)c2)ncc1-c1ccc([Si](C)(C)c2ccccc2)cc1.Cc1cc([Si](C)(C)C)cc(C)c1-c1ccc(-c2[c-]ccc(-c3ccccc3)c2)nc1.[Ir].[Ir].[Ir].[c-]1ccccc1-c1ccccn1.[c-]1ccccc1-c1ccccn1.[c-]1ccccc1-c1ccccn1. The van der Waals surface area contributed by atoms with E-state index in [4.69, 9.17) is 15.0 Å². The van der Waals surface area contributed by atoms with Crippen LogP contribution in [0.25, 0.3) is 123 Å². The molecule has 0 amide bonds. The van der Waals surface area contributed by atoms with E-state index in [1.165, 1.54) is 104 Å². The summed E-state index contributed by atoms with van der Waals surface area (Å²) < 4.78 is 0. The van der Waals surface area contributed by atoms with E-state index in [1.54, 1.807) is 18.6 Å². The number of benzene rings is 13. The van der Waals surface area contributed by atoms with Crippen LogP contribution in [0.1, 0.15) is 36.1 Å². The predicted octanol–water partition coefficient (Wildman–Crippen LogP) is 27.9. The average Bonchev–Trinajstić information content (AvgIpc) is 0.794. The summed E-state index contributed by atoms with van der Waals surface area (Å²) in [6.07, 6.45) is 12.4. The first-order valence-corrected chi connectivity index (χ1v) is 54.3. The molecule has 19 aromatic rings. The van der Waals surface area contributed by atoms with Crippen LogP contribution in [0.5, 0.6) is 0 Å². The van der Waals surface area contributed by atoms with Gasteiger partial charge in [-0.3, -0.25) is 0 Å². The molecule has 19 rings (SSSR count). The van der Waals surface area contributed by atoms with Gasteiger partial charge in [0.1, 0.15) is 16.1 Å². The van der Waals surface area contributed by atoms with E-state index < -0.39 is 24.2 Å². The molecule has 134 heavy (non-hydrogen) atoms. The Morgan fingerprint density at radius 1 is 0.239 bits per heavy atom. The Hall–Kier alpha value is -12.6. The van der Waals surface area contributed by atoms with E-state index in [9.17, 15) is 0 Å². The van der Waals surface area contributed by atoms with Crippen molar-refractivity contribution in [2.24, 2.45) is 5.92 Å². The van der Waals surface area contributed by atoms with Crippen LogP contribution in [0.3, 0.4) is 0 Å². The Morgan fingerprint density at radius 2 is 0.567 bits per heavy atom. The van der Waals surface area contributed by atoms with Gasteiger partial charge in [-0.1, -0.05) is 328 Å². The van der Waals surface area contributed by atoms with Crippen LogP contribution in [0, 0.1) is 63.1 Å². The second-order valence-corrected chi connectivity index (χ2v) is 48.9. The quantitative estimate of drug-likeness (QED) is 0.0629. The Kier molecular flexibility index (Phi) is 37.9. The van der Waals surface area contributed by atoms with Crippen molar-refractivity contribution in [3.63, 3.8) is 0 Å². The van der Waals surface area contributed by atoms with Crippen molar-refractivity contribution in [3.05, 3.63) is 490 Å². The van der Waals surface area contributed by atoms with Gasteiger partial charge in [-0.2, -0.15) is 0 Å². The van der Waals surface area contributed by atoms with E-state index in [0.29, 0.717) is 5.92 Å². The number of rotatable bonds is 18. The van der Waals surface area contributed by atoms with Gasteiger partial charge in [0.25, 0.3) is 0 Å². The van der Waals surface area contributed by atoms with Crippen molar-refractivity contribution in [3.8, 4) is 123 Å². The van der Waals surface area contributed by atoms with E-state index in [-0.39, 0.29) is 60.3 Å². The molecule has 6 aromatic heterocycles. The smallest absolute Gasteiger partial charge is 0.112 e. The van der Waals surface area contributed by atoms with E-state index >= 15 is 0 Å². The van der Waals surface area contributed by atoms with Crippen LogP contribution in [0.4, 0.5) is 0 Å². The first-order valence-electron chi connectivity index (χ1n) is 44.8. The number of pyridine rings is 6. The van der Waals surface area contributed by atoms with Crippen molar-refractivity contribution >= 4 is 50.2 Å². The summed E-state index contributed by atoms with van der Waals surface area (Å²) in [5, 5.41) is 7.33. The molecule has 0 atom stereocenters. The van der Waals surface area contributed by atoms with Gasteiger partial charge in [0.2, 0.25) is 0 Å². The molecule has 0 spiro atoms. The summed E-state index contributed by atoms with van der Waals surface area (Å²) >= 11 is 0. The summed E-state index contributed by atoms with van der Waals surface area (Å²) in [6, 6.07) is 156. The minimum absolute atomic E-state index is 0. The largest absolute Gasteiger partial charge is 0.305 e. The van der Waals surface area contributed by atoms with Crippen LogP contribution in [0.15, 0.2) is 431 Å². The molecule has 0 fully saturated rings. The van der Waals surface area contributed by atoms with E-state index in [2.05, 4.69) is 356 Å². The fraction of sp³-hybridized carbons (Fsp3) is 0.115. The molecule has 6 nitrogen and oxygen atoms in total. The number of aromatic nitrogens is 6. The Balaban J connectivity index is 0.000000162. The Labute approximate surface area is 838 Å². The van der Waals surface area contributed by atoms with Crippen molar-refractivity contribution < 1.29 is 60.3 Å². The molecule has 0 saturated carbocycles. The topological polar surface area (TPSA) is 77.3 Å². The molecule has 673 valence electrons. The van der Waals surface area contributed by atoms with Crippen LogP contribution < -0.4 is 25.9 Å². The third-order valence-electron chi connectivity index (χ3n) is 23.3. The van der Waals surface area contributed by atoms with Crippen molar-refractivity contribution in [2.75, 3.05) is 0 Å². The zero-order valence-electron chi connectivity index (χ0n) is 78.0. The standard InChI is InChI=1S/C32H28NSi.C29H30NSi.C28H28NSi.3C11H8N.3Ir/c1-24-21-32(28-14-10-13-27(22-28)25-11-6-4-7-12-25)33-23-31(24)26-17-19-30(20-18-26)34(2,3)29-15-8-5-9-16-29;1-22(2)19-25-20-29(24-11-7-5-8-12-24)30-21-28(25)23-15-17-27(18-16-23)31(3,4)26-13-9-6-10-14-26;1-20-16-26(30(3,4)5)17-21(2)28(20)25-14-15-27(29-19-25)24-13-9-12-23(18-24)22-10-7-6-8-11-22;3*1-2-6-10(7-3-1)11-8-4-5-9-12-11;;;/h4-13,15-23H,1-3H3;5-11,13-18,20-22H,19H2,1-4H3;6-12,14-19H,1-5H3;3*1-6,8-9H;;;/q6*-1;;;. The maximum atomic E-state index is 4.82. The molecule has 6 heterocycles. The Bertz CT molecular complexity index is 6440. The van der Waals surface area contributed by atoms with Crippen molar-refractivity contribution in [1.82, 2.24) is 29.9 Å². The molecular formula is C122H110Ir3N6Si3-6. The van der Waals surface area contributed by atoms with E-state index in [0.717, 1.165) is 74.0 Å². The summed E-state index contributed by atoms with van der Waals surface area (Å²) in [5.41, 5.74) is 29.4. The molecule has 0 aliphatic heterocycles. The van der Waals surface area contributed by atoms with Gasteiger partial charge in [0.15, 0.2) is 0 Å². The summed E-state index contributed by atoms with van der Waals surface area (Å²) in [4.78, 5) is 27.1. The summed E-state index contributed by atoms with van der Waals surface area (Å²) in [7, 11) is -4.72. The van der Waals surface area contributed by atoms with Crippen LogP contribution in [0.2, 0.25) is 45.8 Å². The molecule has 0 bridgehead atoms. The molecule has 0 aliphatic carbocycles. The third-order valence-corrected chi connectivity index (χ3v) is 32.4. The van der Waals surface area contributed by atoms with Crippen molar-refractivity contribution in [1.29, 1.82) is 0 Å². The summed E-state index contributed by atoms with van der Waals surface area (Å²) in [6.45, 7) is 28.0. The van der Waals surface area contributed by atoms with Crippen LogP contribution in [-0.4, -0.2) is 54.1 Å². The van der Waals surface area contributed by atoms with Gasteiger partial charge in [0, 0.05) is 109 Å². The first kappa shape index (κ1) is 102. The Morgan fingerprint density at radius 3 is 0.925 bits per heavy atom. The van der Waals surface area contributed by atoms with Gasteiger partial charge in [-0.15, -0.1) is 214 Å². The second kappa shape index (κ2) is 49.9. The second-order valence-electron chi connectivity index (χ2n) is 35.0. The molecule has 0 aliphatic rings. The molecule has 3 radical (unpaired) electrons. The van der Waals surface area contributed by atoms with Crippen molar-refractivity contribution in [2.45, 2.75) is 86.9 Å². The molecular weight excluding hydrogens is 2210 g/mol. The zero-order chi connectivity index (χ0) is 91.4. The number of aryl methyl sites for hydroxylation is 3. The van der Waals surface area contributed by atoms with Gasteiger partial charge in [0.05, 0.1) is 8.07 Å².